The van der Waals surface area contributed by atoms with Crippen molar-refractivity contribution >= 4 is 23.0 Å². The van der Waals surface area contributed by atoms with Gasteiger partial charge in [-0.25, -0.2) is 0 Å². The number of anilines is 1. The second-order valence-corrected chi connectivity index (χ2v) is 3.16. The highest BCUT2D eigenvalue weighted by molar-refractivity contribution is 6.03. The van der Waals surface area contributed by atoms with Gasteiger partial charge in [-0.2, -0.15) is 0 Å². The fourth-order valence-corrected chi connectivity index (χ4v) is 1.02. The Balaban J connectivity index is 3.03. The number of amides is 1. The third kappa shape index (κ3) is 2.46. The van der Waals surface area contributed by atoms with E-state index in [0.29, 0.717) is 11.3 Å². The number of carbonyl (C=O) groups excluding carboxylic acids is 1. The highest BCUT2D eigenvalue weighted by Crippen LogP contribution is 2.30. The van der Waals surface area contributed by atoms with Gasteiger partial charge in [-0.1, -0.05) is 18.7 Å². The van der Waals surface area contributed by atoms with E-state index in [-0.39, 0.29) is 17.3 Å². The maximum absolute atomic E-state index is 11.3. The Hall–Kier alpha value is -2.59. The van der Waals surface area contributed by atoms with E-state index in [1.54, 1.807) is 13.0 Å². The van der Waals surface area contributed by atoms with E-state index in [4.69, 9.17) is 13.1 Å². The SMILES string of the molecule is [C-]#[N+]c1ccc(NC(=O)C(=C)C)cc1[N+]#[C-]. The van der Waals surface area contributed by atoms with Crippen LogP contribution in [0, 0.1) is 13.1 Å². The molecule has 0 bridgehead atoms. The number of rotatable bonds is 2. The maximum atomic E-state index is 11.3. The number of hydrogen-bond donors (Lipinski definition) is 1. The van der Waals surface area contributed by atoms with Gasteiger partial charge >= 0.3 is 0 Å². The lowest BCUT2D eigenvalue weighted by molar-refractivity contribution is -0.112. The number of hydrogen-bond acceptors (Lipinski definition) is 1. The van der Waals surface area contributed by atoms with Gasteiger partial charge in [-0.15, -0.1) is 0 Å². The van der Waals surface area contributed by atoms with Crippen LogP contribution in [0.2, 0.25) is 0 Å². The van der Waals surface area contributed by atoms with Gasteiger partial charge in [0.05, 0.1) is 13.1 Å². The third-order valence-corrected chi connectivity index (χ3v) is 1.86. The molecule has 1 aromatic rings. The van der Waals surface area contributed by atoms with Gasteiger partial charge in [0.15, 0.2) is 11.4 Å². The first-order valence-corrected chi connectivity index (χ1v) is 4.44. The van der Waals surface area contributed by atoms with Crippen LogP contribution in [-0.2, 0) is 4.79 Å². The van der Waals surface area contributed by atoms with Gasteiger partial charge in [-0.05, 0) is 13.0 Å². The summed E-state index contributed by atoms with van der Waals surface area (Å²) >= 11 is 0. The Kier molecular flexibility index (Phi) is 3.42. The largest absolute Gasteiger partial charge is 0.324 e. The summed E-state index contributed by atoms with van der Waals surface area (Å²) in [5.74, 6) is -0.300. The van der Waals surface area contributed by atoms with Crippen molar-refractivity contribution in [2.75, 3.05) is 5.32 Å². The van der Waals surface area contributed by atoms with Gasteiger partial charge in [0, 0.05) is 11.3 Å². The van der Waals surface area contributed by atoms with Crippen molar-refractivity contribution in [3.8, 4) is 0 Å². The van der Waals surface area contributed by atoms with Gasteiger partial charge in [0.25, 0.3) is 5.91 Å². The van der Waals surface area contributed by atoms with Crippen LogP contribution in [0.15, 0.2) is 30.4 Å². The minimum atomic E-state index is -0.300. The first-order valence-electron chi connectivity index (χ1n) is 4.44. The van der Waals surface area contributed by atoms with E-state index in [1.165, 1.54) is 12.1 Å². The predicted molar refractivity (Wildman–Crippen MR) is 62.4 cm³/mol. The van der Waals surface area contributed by atoms with E-state index in [9.17, 15) is 4.79 Å². The van der Waals surface area contributed by atoms with Crippen molar-refractivity contribution in [3.63, 3.8) is 0 Å². The zero-order valence-electron chi connectivity index (χ0n) is 8.74. The number of benzene rings is 1. The van der Waals surface area contributed by atoms with Gasteiger partial charge in [0.2, 0.25) is 0 Å². The Morgan fingerprint density at radius 3 is 2.44 bits per heavy atom. The summed E-state index contributed by atoms with van der Waals surface area (Å²) in [7, 11) is 0. The minimum Gasteiger partial charge on any atom is -0.324 e. The Morgan fingerprint density at radius 1 is 1.31 bits per heavy atom. The van der Waals surface area contributed by atoms with Crippen LogP contribution in [0.3, 0.4) is 0 Å². The van der Waals surface area contributed by atoms with E-state index in [2.05, 4.69) is 21.6 Å². The molecule has 0 aliphatic heterocycles. The van der Waals surface area contributed by atoms with Crippen molar-refractivity contribution in [1.82, 2.24) is 0 Å². The number of nitrogens with one attached hydrogen (secondary N) is 1. The third-order valence-electron chi connectivity index (χ3n) is 1.86. The highest BCUT2D eigenvalue weighted by Gasteiger charge is 2.06. The lowest BCUT2D eigenvalue weighted by Crippen LogP contribution is -2.11. The zero-order chi connectivity index (χ0) is 12.1. The lowest BCUT2D eigenvalue weighted by Gasteiger charge is -2.05. The molecule has 0 aliphatic carbocycles. The topological polar surface area (TPSA) is 37.8 Å². The van der Waals surface area contributed by atoms with Crippen LogP contribution in [-0.4, -0.2) is 5.91 Å². The fraction of sp³-hybridized carbons (Fsp3) is 0.0833. The molecule has 1 aromatic carbocycles. The molecule has 1 N–H and O–H groups in total. The standard InChI is InChI=1S/C12H9N3O/c1-8(2)12(16)15-9-5-6-10(13-3)11(7-9)14-4/h5-7H,1H2,2H3,(H,15,16). The maximum Gasteiger partial charge on any atom is 0.250 e. The predicted octanol–water partition coefficient (Wildman–Crippen LogP) is 3.30. The first kappa shape index (κ1) is 11.5. The van der Waals surface area contributed by atoms with Crippen LogP contribution in [0.25, 0.3) is 9.69 Å². The summed E-state index contributed by atoms with van der Waals surface area (Å²) in [6.45, 7) is 18.9. The van der Waals surface area contributed by atoms with Crippen LogP contribution < -0.4 is 5.32 Å². The molecule has 0 aliphatic rings. The normalized spacial score (nSPS) is 8.69. The molecule has 78 valence electrons. The van der Waals surface area contributed by atoms with Crippen LogP contribution in [0.5, 0.6) is 0 Å². The summed E-state index contributed by atoms with van der Waals surface area (Å²) in [5, 5.41) is 2.58. The van der Waals surface area contributed by atoms with Gasteiger partial charge in [-0.3, -0.25) is 14.5 Å². The van der Waals surface area contributed by atoms with Gasteiger partial charge in [0.1, 0.15) is 0 Å². The smallest absolute Gasteiger partial charge is 0.250 e. The summed E-state index contributed by atoms with van der Waals surface area (Å²) in [6.07, 6.45) is 0. The molecular formula is C12H9N3O. The average Bonchev–Trinajstić information content (AvgIpc) is 2.28. The first-order chi connectivity index (χ1) is 7.58. The molecular weight excluding hydrogens is 202 g/mol. The van der Waals surface area contributed by atoms with Crippen LogP contribution in [0.1, 0.15) is 6.92 Å². The summed E-state index contributed by atoms with van der Waals surface area (Å²) < 4.78 is 0. The molecule has 0 saturated carbocycles. The quantitative estimate of drug-likeness (QED) is 0.591. The van der Waals surface area contributed by atoms with Crippen molar-refractivity contribution in [2.24, 2.45) is 0 Å². The molecule has 0 aromatic heterocycles. The second-order valence-electron chi connectivity index (χ2n) is 3.16. The number of nitrogens with zero attached hydrogens (tertiary/aromatic N) is 2. The highest BCUT2D eigenvalue weighted by atomic mass is 16.1. The fourth-order valence-electron chi connectivity index (χ4n) is 1.02. The van der Waals surface area contributed by atoms with Crippen molar-refractivity contribution in [3.05, 3.63) is 53.2 Å². The van der Waals surface area contributed by atoms with E-state index >= 15 is 0 Å². The molecule has 4 heteroatoms. The Bertz CT molecular complexity index is 532. The number of carbonyl (C=O) groups is 1. The average molecular weight is 211 g/mol. The minimum absolute atomic E-state index is 0.231. The molecule has 1 rings (SSSR count). The molecule has 0 saturated heterocycles. The van der Waals surface area contributed by atoms with Crippen LogP contribution >= 0.6 is 0 Å². The van der Waals surface area contributed by atoms with E-state index < -0.39 is 0 Å². The molecule has 0 fully saturated rings. The van der Waals surface area contributed by atoms with Gasteiger partial charge < -0.3 is 5.32 Å². The monoisotopic (exact) mass is 211 g/mol. The molecule has 0 spiro atoms. The molecule has 0 heterocycles. The summed E-state index contributed by atoms with van der Waals surface area (Å²) in [6, 6.07) is 4.57. The van der Waals surface area contributed by atoms with Crippen LogP contribution in [0.4, 0.5) is 17.1 Å². The van der Waals surface area contributed by atoms with Crippen molar-refractivity contribution < 1.29 is 4.79 Å². The molecule has 0 radical (unpaired) electrons. The second kappa shape index (κ2) is 4.77. The molecule has 16 heavy (non-hydrogen) atoms. The Labute approximate surface area is 93.8 Å². The summed E-state index contributed by atoms with van der Waals surface area (Å²) in [5.41, 5.74) is 1.39. The Morgan fingerprint density at radius 2 is 1.94 bits per heavy atom. The van der Waals surface area contributed by atoms with Crippen molar-refractivity contribution in [2.45, 2.75) is 6.92 Å². The zero-order valence-corrected chi connectivity index (χ0v) is 8.74. The van der Waals surface area contributed by atoms with E-state index in [1.807, 2.05) is 0 Å². The molecule has 0 atom stereocenters. The molecule has 1 amide bonds. The lowest BCUT2D eigenvalue weighted by atomic mass is 10.2. The molecule has 4 nitrogen and oxygen atoms in total. The molecule has 0 unspecified atom stereocenters. The van der Waals surface area contributed by atoms with Crippen molar-refractivity contribution in [1.29, 1.82) is 0 Å². The van der Waals surface area contributed by atoms with E-state index in [0.717, 1.165) is 0 Å². The summed E-state index contributed by atoms with van der Waals surface area (Å²) in [4.78, 5) is 17.7.